The highest BCUT2D eigenvalue weighted by molar-refractivity contribution is 5.73. The first kappa shape index (κ1) is 17.0. The van der Waals surface area contributed by atoms with E-state index in [9.17, 15) is 4.79 Å². The zero-order valence-corrected chi connectivity index (χ0v) is 14.3. The van der Waals surface area contributed by atoms with Crippen LogP contribution in [-0.2, 0) is 19.5 Å². The first-order valence-electron chi connectivity index (χ1n) is 7.96. The molecule has 2 aromatic rings. The van der Waals surface area contributed by atoms with Crippen LogP contribution in [0.5, 0.6) is 0 Å². The van der Waals surface area contributed by atoms with Crippen LogP contribution in [0.4, 0.5) is 4.79 Å². The molecular weight excluding hydrogens is 290 g/mol. The van der Waals surface area contributed by atoms with Crippen molar-refractivity contribution in [2.75, 3.05) is 6.54 Å². The van der Waals surface area contributed by atoms with E-state index >= 15 is 0 Å². The number of rotatable bonds is 6. The van der Waals surface area contributed by atoms with Gasteiger partial charge < -0.3 is 15.2 Å². The van der Waals surface area contributed by atoms with Crippen LogP contribution >= 0.6 is 0 Å². The van der Waals surface area contributed by atoms with Crippen molar-refractivity contribution in [2.45, 2.75) is 47.2 Å². The maximum Gasteiger partial charge on any atom is 0.315 e. The molecule has 2 N–H and O–H groups in total. The van der Waals surface area contributed by atoms with Gasteiger partial charge in [0.05, 0.1) is 0 Å². The maximum absolute atomic E-state index is 11.9. The highest BCUT2D eigenvalue weighted by Gasteiger charge is 2.07. The van der Waals surface area contributed by atoms with Gasteiger partial charge in [0.1, 0.15) is 12.2 Å². The fourth-order valence-corrected chi connectivity index (χ4v) is 2.75. The molecule has 0 saturated heterocycles. The maximum atomic E-state index is 11.9. The van der Waals surface area contributed by atoms with Gasteiger partial charge in [-0.2, -0.15) is 0 Å². The second kappa shape index (κ2) is 7.76. The first-order chi connectivity index (χ1) is 11.0. The Morgan fingerprint density at radius 1 is 1.17 bits per heavy atom. The van der Waals surface area contributed by atoms with E-state index in [1.54, 1.807) is 6.33 Å². The van der Waals surface area contributed by atoms with E-state index in [-0.39, 0.29) is 6.03 Å². The van der Waals surface area contributed by atoms with Crippen molar-refractivity contribution in [3.63, 3.8) is 0 Å². The van der Waals surface area contributed by atoms with Crippen LogP contribution in [0, 0.1) is 20.8 Å². The Morgan fingerprint density at radius 3 is 2.52 bits per heavy atom. The number of nitrogens with one attached hydrogen (secondary N) is 2. The Kier molecular flexibility index (Phi) is 5.73. The number of carbonyl (C=O) groups excluding carboxylic acids is 1. The zero-order chi connectivity index (χ0) is 16.8. The van der Waals surface area contributed by atoms with Gasteiger partial charge in [-0.25, -0.2) is 4.79 Å². The summed E-state index contributed by atoms with van der Waals surface area (Å²) in [5, 5.41) is 13.7. The molecule has 1 aromatic carbocycles. The van der Waals surface area contributed by atoms with Crippen LogP contribution in [-0.4, -0.2) is 27.3 Å². The Bertz CT molecular complexity index is 654. The number of hydrogen-bond donors (Lipinski definition) is 2. The van der Waals surface area contributed by atoms with Gasteiger partial charge in [-0.15, -0.1) is 10.2 Å². The molecule has 2 amide bonds. The van der Waals surface area contributed by atoms with Crippen molar-refractivity contribution < 1.29 is 4.79 Å². The Hall–Kier alpha value is -2.37. The highest BCUT2D eigenvalue weighted by atomic mass is 16.2. The molecule has 0 unspecified atom stereocenters. The molecule has 0 aliphatic rings. The van der Waals surface area contributed by atoms with Crippen molar-refractivity contribution in [3.8, 4) is 0 Å². The smallest absolute Gasteiger partial charge is 0.315 e. The molecule has 6 nitrogen and oxygen atoms in total. The molecule has 0 aliphatic heterocycles. The van der Waals surface area contributed by atoms with E-state index < -0.39 is 0 Å². The standard InChI is InChI=1S/C17H25N5O/c1-5-16-21-20-11-22(16)7-6-18-17(23)19-10-15-13(3)8-12(2)9-14(15)4/h8-9,11H,5-7,10H2,1-4H3,(H2,18,19,23). The molecule has 0 spiro atoms. The highest BCUT2D eigenvalue weighted by Crippen LogP contribution is 2.15. The molecule has 2 rings (SSSR count). The van der Waals surface area contributed by atoms with Gasteiger partial charge in [0.2, 0.25) is 0 Å². The molecule has 1 aromatic heterocycles. The van der Waals surface area contributed by atoms with E-state index in [1.807, 2.05) is 11.5 Å². The number of nitrogens with zero attached hydrogens (tertiary/aromatic N) is 3. The number of aromatic nitrogens is 3. The monoisotopic (exact) mass is 315 g/mol. The van der Waals surface area contributed by atoms with Gasteiger partial charge in [-0.3, -0.25) is 0 Å². The zero-order valence-electron chi connectivity index (χ0n) is 14.3. The average molecular weight is 315 g/mol. The first-order valence-corrected chi connectivity index (χ1v) is 7.96. The van der Waals surface area contributed by atoms with E-state index in [1.165, 1.54) is 22.3 Å². The molecule has 0 saturated carbocycles. The van der Waals surface area contributed by atoms with Crippen molar-refractivity contribution >= 4 is 6.03 Å². The van der Waals surface area contributed by atoms with E-state index in [0.29, 0.717) is 19.6 Å². The average Bonchev–Trinajstić information content (AvgIpc) is 2.93. The van der Waals surface area contributed by atoms with Crippen LogP contribution in [0.15, 0.2) is 18.5 Å². The van der Waals surface area contributed by atoms with Crippen molar-refractivity contribution in [3.05, 3.63) is 46.5 Å². The number of benzene rings is 1. The number of hydrogen-bond acceptors (Lipinski definition) is 3. The summed E-state index contributed by atoms with van der Waals surface area (Å²) >= 11 is 0. The molecule has 23 heavy (non-hydrogen) atoms. The third kappa shape index (κ3) is 4.55. The second-order valence-corrected chi connectivity index (χ2v) is 5.78. The fraction of sp³-hybridized carbons (Fsp3) is 0.471. The number of carbonyl (C=O) groups is 1. The minimum Gasteiger partial charge on any atom is -0.336 e. The van der Waals surface area contributed by atoms with E-state index in [0.717, 1.165) is 12.2 Å². The lowest BCUT2D eigenvalue weighted by atomic mass is 10.00. The lowest BCUT2D eigenvalue weighted by Gasteiger charge is -2.13. The van der Waals surface area contributed by atoms with Gasteiger partial charge in [0.15, 0.2) is 0 Å². The summed E-state index contributed by atoms with van der Waals surface area (Å²) in [5.74, 6) is 0.929. The largest absolute Gasteiger partial charge is 0.336 e. The summed E-state index contributed by atoms with van der Waals surface area (Å²) in [7, 11) is 0. The minimum absolute atomic E-state index is 0.157. The van der Waals surface area contributed by atoms with Crippen LogP contribution < -0.4 is 10.6 Å². The molecule has 0 radical (unpaired) electrons. The molecule has 0 fully saturated rings. The summed E-state index contributed by atoms with van der Waals surface area (Å²) in [6.07, 6.45) is 2.52. The molecular formula is C17H25N5O. The lowest BCUT2D eigenvalue weighted by Crippen LogP contribution is -2.37. The molecule has 1 heterocycles. The molecule has 0 aliphatic carbocycles. The van der Waals surface area contributed by atoms with Crippen LogP contribution in [0.1, 0.15) is 35.0 Å². The Balaban J connectivity index is 1.80. The summed E-state index contributed by atoms with van der Waals surface area (Å²) in [4.78, 5) is 11.9. The van der Waals surface area contributed by atoms with Gasteiger partial charge in [0, 0.05) is 26.1 Å². The van der Waals surface area contributed by atoms with Gasteiger partial charge in [-0.05, 0) is 37.5 Å². The predicted octanol–water partition coefficient (Wildman–Crippen LogP) is 2.27. The second-order valence-electron chi connectivity index (χ2n) is 5.78. The topological polar surface area (TPSA) is 71.8 Å². The van der Waals surface area contributed by atoms with Crippen LogP contribution in [0.2, 0.25) is 0 Å². The Morgan fingerprint density at radius 2 is 1.87 bits per heavy atom. The Labute approximate surface area is 137 Å². The third-order valence-electron chi connectivity index (χ3n) is 3.92. The number of amides is 2. The van der Waals surface area contributed by atoms with E-state index in [2.05, 4.69) is 53.7 Å². The minimum atomic E-state index is -0.157. The van der Waals surface area contributed by atoms with E-state index in [4.69, 9.17) is 0 Å². The van der Waals surface area contributed by atoms with Crippen molar-refractivity contribution in [2.24, 2.45) is 0 Å². The molecule has 0 atom stereocenters. The van der Waals surface area contributed by atoms with Gasteiger partial charge in [-0.1, -0.05) is 24.6 Å². The van der Waals surface area contributed by atoms with Gasteiger partial charge >= 0.3 is 6.03 Å². The van der Waals surface area contributed by atoms with Crippen molar-refractivity contribution in [1.29, 1.82) is 0 Å². The SMILES string of the molecule is CCc1nncn1CCNC(=O)NCc1c(C)cc(C)cc1C. The molecule has 124 valence electrons. The fourth-order valence-electron chi connectivity index (χ4n) is 2.75. The van der Waals surface area contributed by atoms with Gasteiger partial charge in [0.25, 0.3) is 0 Å². The molecule has 0 bridgehead atoms. The predicted molar refractivity (Wildman–Crippen MR) is 90.3 cm³/mol. The summed E-state index contributed by atoms with van der Waals surface area (Å²) in [6, 6.07) is 4.12. The normalized spacial score (nSPS) is 10.6. The van der Waals surface area contributed by atoms with Crippen molar-refractivity contribution in [1.82, 2.24) is 25.4 Å². The van der Waals surface area contributed by atoms with Crippen LogP contribution in [0.3, 0.4) is 0 Å². The molecule has 6 heteroatoms. The number of aryl methyl sites for hydroxylation is 4. The third-order valence-corrected chi connectivity index (χ3v) is 3.92. The number of urea groups is 1. The summed E-state index contributed by atoms with van der Waals surface area (Å²) in [5.41, 5.74) is 4.84. The summed E-state index contributed by atoms with van der Waals surface area (Å²) < 4.78 is 1.95. The summed E-state index contributed by atoms with van der Waals surface area (Å²) in [6.45, 7) is 10.0. The lowest BCUT2D eigenvalue weighted by molar-refractivity contribution is 0.240. The van der Waals surface area contributed by atoms with Crippen LogP contribution in [0.25, 0.3) is 0 Å². The quantitative estimate of drug-likeness (QED) is 0.859.